The third-order valence-electron chi connectivity index (χ3n) is 2.74. The van der Waals surface area contributed by atoms with Crippen LogP contribution in [0.2, 0.25) is 0 Å². The molecule has 2 heteroatoms. The van der Waals surface area contributed by atoms with Crippen LogP contribution in [-0.4, -0.2) is 6.54 Å². The number of rotatable bonds is 5. The Labute approximate surface area is 103 Å². The van der Waals surface area contributed by atoms with Gasteiger partial charge >= 0.3 is 0 Å². The van der Waals surface area contributed by atoms with Crippen molar-refractivity contribution in [3.05, 3.63) is 35.1 Å². The van der Waals surface area contributed by atoms with Gasteiger partial charge in [0.1, 0.15) is 5.82 Å². The predicted molar refractivity (Wildman–Crippen MR) is 70.2 cm³/mol. The van der Waals surface area contributed by atoms with Crippen molar-refractivity contribution >= 4 is 0 Å². The molecule has 1 unspecified atom stereocenters. The Bertz CT molecular complexity index is 415. The predicted octanol–water partition coefficient (Wildman–Crippen LogP) is 3.59. The summed E-state index contributed by atoms with van der Waals surface area (Å²) in [5, 5.41) is 3.42. The normalized spacial score (nSPS) is 11.8. The number of hydrogen-bond acceptors (Lipinski definition) is 1. The van der Waals surface area contributed by atoms with Crippen molar-refractivity contribution in [2.24, 2.45) is 0 Å². The van der Waals surface area contributed by atoms with Gasteiger partial charge in [-0.05, 0) is 50.1 Å². The molecule has 0 radical (unpaired) electrons. The van der Waals surface area contributed by atoms with E-state index in [2.05, 4.69) is 24.1 Å². The van der Waals surface area contributed by atoms with Gasteiger partial charge in [0.25, 0.3) is 0 Å². The number of hydrogen-bond donors (Lipinski definition) is 1. The number of aryl methyl sites for hydroxylation is 1. The monoisotopic (exact) mass is 233 g/mol. The van der Waals surface area contributed by atoms with Crippen molar-refractivity contribution in [1.82, 2.24) is 5.32 Å². The molecule has 0 aromatic heterocycles. The molecule has 0 aliphatic carbocycles. The summed E-state index contributed by atoms with van der Waals surface area (Å²) in [6.07, 6.45) is 1.78. The van der Waals surface area contributed by atoms with Gasteiger partial charge in [-0.1, -0.05) is 13.0 Å². The first kappa shape index (κ1) is 13.7. The molecule has 1 N–H and O–H groups in total. The summed E-state index contributed by atoms with van der Waals surface area (Å²) < 4.78 is 13.3. The summed E-state index contributed by atoms with van der Waals surface area (Å²) in [6.45, 7) is 6.88. The van der Waals surface area contributed by atoms with Gasteiger partial charge in [-0.2, -0.15) is 0 Å². The number of benzene rings is 1. The van der Waals surface area contributed by atoms with Crippen LogP contribution in [0.3, 0.4) is 0 Å². The fourth-order valence-electron chi connectivity index (χ4n) is 1.80. The molecule has 1 rings (SSSR count). The van der Waals surface area contributed by atoms with Gasteiger partial charge in [0.2, 0.25) is 0 Å². The molecular weight excluding hydrogens is 213 g/mol. The smallest absolute Gasteiger partial charge is 0.123 e. The van der Waals surface area contributed by atoms with E-state index >= 15 is 0 Å². The van der Waals surface area contributed by atoms with Crippen LogP contribution in [0.4, 0.5) is 4.39 Å². The number of nitrogens with one attached hydrogen (secondary N) is 1. The molecule has 0 fully saturated rings. The van der Waals surface area contributed by atoms with Crippen LogP contribution >= 0.6 is 0 Å². The lowest BCUT2D eigenvalue weighted by Crippen LogP contribution is -2.22. The Morgan fingerprint density at radius 2 is 2.18 bits per heavy atom. The van der Waals surface area contributed by atoms with E-state index in [1.807, 2.05) is 19.9 Å². The largest absolute Gasteiger partial charge is 0.309 e. The molecule has 17 heavy (non-hydrogen) atoms. The molecular formula is C15H20FN. The molecule has 1 aromatic carbocycles. The Hall–Kier alpha value is -1.33. The maximum absolute atomic E-state index is 13.3. The second-order valence-corrected chi connectivity index (χ2v) is 4.14. The lowest BCUT2D eigenvalue weighted by molar-refractivity contribution is 0.534. The van der Waals surface area contributed by atoms with E-state index < -0.39 is 0 Å². The Morgan fingerprint density at radius 3 is 2.82 bits per heavy atom. The lowest BCUT2D eigenvalue weighted by atomic mass is 9.98. The number of halogens is 1. The third kappa shape index (κ3) is 4.20. The SMILES string of the molecule is CC#CCC(NCCC)c1cc(F)ccc1C. The van der Waals surface area contributed by atoms with E-state index in [0.717, 1.165) is 30.5 Å². The average Bonchev–Trinajstić information content (AvgIpc) is 2.33. The summed E-state index contributed by atoms with van der Waals surface area (Å²) in [4.78, 5) is 0. The van der Waals surface area contributed by atoms with E-state index in [9.17, 15) is 4.39 Å². The molecule has 0 aliphatic heterocycles. The molecule has 0 saturated carbocycles. The van der Waals surface area contributed by atoms with Crippen LogP contribution in [0.15, 0.2) is 18.2 Å². The highest BCUT2D eigenvalue weighted by molar-refractivity contribution is 5.30. The molecule has 1 nitrogen and oxygen atoms in total. The fraction of sp³-hybridized carbons (Fsp3) is 0.467. The second-order valence-electron chi connectivity index (χ2n) is 4.14. The zero-order valence-electron chi connectivity index (χ0n) is 10.8. The molecule has 0 saturated heterocycles. The Kier molecular flexibility index (Phi) is 5.72. The first-order chi connectivity index (χ1) is 8.19. The Morgan fingerprint density at radius 1 is 1.41 bits per heavy atom. The lowest BCUT2D eigenvalue weighted by Gasteiger charge is -2.18. The van der Waals surface area contributed by atoms with Crippen LogP contribution in [0, 0.1) is 24.6 Å². The van der Waals surface area contributed by atoms with Gasteiger partial charge in [0.15, 0.2) is 0 Å². The van der Waals surface area contributed by atoms with E-state index in [4.69, 9.17) is 0 Å². The molecule has 0 amide bonds. The van der Waals surface area contributed by atoms with Crippen LogP contribution in [0.25, 0.3) is 0 Å². The van der Waals surface area contributed by atoms with E-state index in [-0.39, 0.29) is 11.9 Å². The molecule has 0 spiro atoms. The molecule has 0 bridgehead atoms. The summed E-state index contributed by atoms with van der Waals surface area (Å²) in [7, 11) is 0. The van der Waals surface area contributed by atoms with E-state index in [1.165, 1.54) is 6.07 Å². The van der Waals surface area contributed by atoms with Gasteiger partial charge in [-0.25, -0.2) is 4.39 Å². The summed E-state index contributed by atoms with van der Waals surface area (Å²) in [5.74, 6) is 5.78. The van der Waals surface area contributed by atoms with Crippen LogP contribution in [0.5, 0.6) is 0 Å². The second kappa shape index (κ2) is 7.09. The summed E-state index contributed by atoms with van der Waals surface area (Å²) in [5.41, 5.74) is 2.12. The van der Waals surface area contributed by atoms with Crippen molar-refractivity contribution in [3.63, 3.8) is 0 Å². The fourth-order valence-corrected chi connectivity index (χ4v) is 1.80. The zero-order valence-corrected chi connectivity index (χ0v) is 10.8. The standard InChI is InChI=1S/C15H20FN/c1-4-6-7-15(17-10-5-2)14-11-13(16)9-8-12(14)3/h8-9,11,15,17H,5,7,10H2,1-3H3. The Balaban J connectivity index is 2.92. The van der Waals surface area contributed by atoms with E-state index in [0.29, 0.717) is 0 Å². The highest BCUT2D eigenvalue weighted by Crippen LogP contribution is 2.21. The van der Waals surface area contributed by atoms with Gasteiger partial charge in [0, 0.05) is 12.5 Å². The minimum atomic E-state index is -0.182. The maximum atomic E-state index is 13.3. The van der Waals surface area contributed by atoms with Gasteiger partial charge in [0.05, 0.1) is 0 Å². The molecule has 0 heterocycles. The molecule has 92 valence electrons. The third-order valence-corrected chi connectivity index (χ3v) is 2.74. The van der Waals surface area contributed by atoms with Crippen molar-refractivity contribution in [3.8, 4) is 11.8 Å². The minimum absolute atomic E-state index is 0.123. The van der Waals surface area contributed by atoms with Gasteiger partial charge < -0.3 is 5.32 Å². The molecule has 0 aliphatic rings. The van der Waals surface area contributed by atoms with Crippen LogP contribution in [0.1, 0.15) is 43.9 Å². The highest BCUT2D eigenvalue weighted by atomic mass is 19.1. The molecule has 1 atom stereocenters. The first-order valence-corrected chi connectivity index (χ1v) is 6.08. The van der Waals surface area contributed by atoms with Crippen LogP contribution in [-0.2, 0) is 0 Å². The first-order valence-electron chi connectivity index (χ1n) is 6.08. The summed E-state index contributed by atoms with van der Waals surface area (Å²) in [6, 6.07) is 5.06. The zero-order chi connectivity index (χ0) is 12.7. The molecule has 1 aromatic rings. The van der Waals surface area contributed by atoms with Crippen molar-refractivity contribution in [2.45, 2.75) is 39.7 Å². The van der Waals surface area contributed by atoms with Crippen LogP contribution < -0.4 is 5.32 Å². The van der Waals surface area contributed by atoms with Crippen molar-refractivity contribution < 1.29 is 4.39 Å². The van der Waals surface area contributed by atoms with Gasteiger partial charge in [-0.3, -0.25) is 0 Å². The quantitative estimate of drug-likeness (QED) is 0.766. The average molecular weight is 233 g/mol. The highest BCUT2D eigenvalue weighted by Gasteiger charge is 2.12. The topological polar surface area (TPSA) is 12.0 Å². The van der Waals surface area contributed by atoms with Crippen molar-refractivity contribution in [2.75, 3.05) is 6.54 Å². The summed E-state index contributed by atoms with van der Waals surface area (Å²) >= 11 is 0. The van der Waals surface area contributed by atoms with E-state index in [1.54, 1.807) is 6.07 Å². The van der Waals surface area contributed by atoms with Crippen molar-refractivity contribution in [1.29, 1.82) is 0 Å². The van der Waals surface area contributed by atoms with Gasteiger partial charge in [-0.15, -0.1) is 11.8 Å². The minimum Gasteiger partial charge on any atom is -0.309 e. The maximum Gasteiger partial charge on any atom is 0.123 e.